The SMILES string of the molecule is COc1ccc(-c2nnc(CC3CC(C(C)C)C(CNC(C)C)C=C3C)o2)cc1. The van der Waals surface area contributed by atoms with Gasteiger partial charge >= 0.3 is 0 Å². The zero-order valence-corrected chi connectivity index (χ0v) is 18.6. The fraction of sp³-hybridized carbons (Fsp3) is 0.583. The third-order valence-corrected chi connectivity index (χ3v) is 6.07. The molecule has 1 N–H and O–H groups in total. The van der Waals surface area contributed by atoms with Crippen molar-refractivity contribution in [1.29, 1.82) is 0 Å². The number of methoxy groups -OCH3 is 1. The molecular weight excluding hydrogens is 362 g/mol. The summed E-state index contributed by atoms with van der Waals surface area (Å²) < 4.78 is 11.2. The Morgan fingerprint density at radius 2 is 1.86 bits per heavy atom. The van der Waals surface area contributed by atoms with E-state index in [-0.39, 0.29) is 0 Å². The molecule has 0 saturated heterocycles. The Morgan fingerprint density at radius 3 is 2.48 bits per heavy atom. The monoisotopic (exact) mass is 397 g/mol. The molecule has 0 spiro atoms. The van der Waals surface area contributed by atoms with E-state index in [2.05, 4.69) is 56.2 Å². The molecule has 5 nitrogen and oxygen atoms in total. The van der Waals surface area contributed by atoms with Gasteiger partial charge in [0.1, 0.15) is 5.75 Å². The Balaban J connectivity index is 1.71. The number of aromatic nitrogens is 2. The number of ether oxygens (including phenoxy) is 1. The lowest BCUT2D eigenvalue weighted by Crippen LogP contribution is -2.37. The van der Waals surface area contributed by atoms with Crippen LogP contribution in [0, 0.1) is 23.7 Å². The topological polar surface area (TPSA) is 60.2 Å². The van der Waals surface area contributed by atoms with Crippen LogP contribution in [0.25, 0.3) is 11.5 Å². The largest absolute Gasteiger partial charge is 0.497 e. The van der Waals surface area contributed by atoms with Crippen LogP contribution >= 0.6 is 0 Å². The van der Waals surface area contributed by atoms with E-state index in [0.717, 1.165) is 30.2 Å². The highest BCUT2D eigenvalue weighted by Crippen LogP contribution is 2.38. The first-order chi connectivity index (χ1) is 13.9. The first-order valence-electron chi connectivity index (χ1n) is 10.8. The van der Waals surface area contributed by atoms with Crippen LogP contribution in [0.2, 0.25) is 0 Å². The van der Waals surface area contributed by atoms with E-state index in [0.29, 0.717) is 35.6 Å². The number of rotatable bonds is 8. The molecule has 1 heterocycles. The lowest BCUT2D eigenvalue weighted by Gasteiger charge is -2.37. The van der Waals surface area contributed by atoms with Gasteiger partial charge in [0.2, 0.25) is 11.8 Å². The van der Waals surface area contributed by atoms with E-state index >= 15 is 0 Å². The van der Waals surface area contributed by atoms with E-state index < -0.39 is 0 Å². The van der Waals surface area contributed by atoms with Gasteiger partial charge in [0.05, 0.1) is 7.11 Å². The molecular formula is C24H35N3O2. The summed E-state index contributed by atoms with van der Waals surface area (Å²) in [6, 6.07) is 8.23. The van der Waals surface area contributed by atoms with Crippen LogP contribution in [0.3, 0.4) is 0 Å². The second-order valence-corrected chi connectivity index (χ2v) is 8.91. The molecule has 3 unspecified atom stereocenters. The van der Waals surface area contributed by atoms with Crippen molar-refractivity contribution in [3.05, 3.63) is 41.8 Å². The average molecular weight is 398 g/mol. The van der Waals surface area contributed by atoms with Crippen molar-refractivity contribution in [3.8, 4) is 17.2 Å². The van der Waals surface area contributed by atoms with E-state index in [1.807, 2.05) is 24.3 Å². The Labute approximate surface area is 174 Å². The van der Waals surface area contributed by atoms with Crippen LogP contribution in [-0.4, -0.2) is 29.9 Å². The molecule has 1 aromatic heterocycles. The molecule has 2 aromatic rings. The molecule has 158 valence electrons. The molecule has 1 aliphatic carbocycles. The number of hydrogen-bond donors (Lipinski definition) is 1. The second kappa shape index (κ2) is 9.57. The molecule has 5 heteroatoms. The van der Waals surface area contributed by atoms with Gasteiger partial charge in [-0.25, -0.2) is 0 Å². The summed E-state index contributed by atoms with van der Waals surface area (Å²) in [6.07, 6.45) is 4.46. The van der Waals surface area contributed by atoms with Gasteiger partial charge < -0.3 is 14.5 Å². The summed E-state index contributed by atoms with van der Waals surface area (Å²) in [5, 5.41) is 12.2. The molecule has 1 aliphatic rings. The van der Waals surface area contributed by atoms with Crippen LogP contribution in [0.5, 0.6) is 5.75 Å². The fourth-order valence-electron chi connectivity index (χ4n) is 4.28. The van der Waals surface area contributed by atoms with Gasteiger partial charge in [-0.05, 0) is 61.3 Å². The summed E-state index contributed by atoms with van der Waals surface area (Å²) >= 11 is 0. The maximum atomic E-state index is 5.99. The van der Waals surface area contributed by atoms with Gasteiger partial charge in [0, 0.05) is 24.6 Å². The highest BCUT2D eigenvalue weighted by molar-refractivity contribution is 5.53. The second-order valence-electron chi connectivity index (χ2n) is 8.91. The van der Waals surface area contributed by atoms with Crippen LogP contribution in [0.1, 0.15) is 46.9 Å². The number of nitrogens with zero attached hydrogens (tertiary/aromatic N) is 2. The van der Waals surface area contributed by atoms with Gasteiger partial charge in [0.25, 0.3) is 0 Å². The van der Waals surface area contributed by atoms with Crippen molar-refractivity contribution in [3.63, 3.8) is 0 Å². The summed E-state index contributed by atoms with van der Waals surface area (Å²) in [4.78, 5) is 0. The molecule has 0 amide bonds. The quantitative estimate of drug-likeness (QED) is 0.625. The third kappa shape index (κ3) is 5.47. The number of nitrogens with one attached hydrogen (secondary N) is 1. The molecule has 3 atom stereocenters. The molecule has 1 aromatic carbocycles. The van der Waals surface area contributed by atoms with Gasteiger partial charge in [-0.2, -0.15) is 0 Å². The minimum absolute atomic E-state index is 0.460. The summed E-state index contributed by atoms with van der Waals surface area (Å²) in [5.74, 6) is 4.47. The number of benzene rings is 1. The predicted octanol–water partition coefficient (Wildman–Crippen LogP) is 5.14. The van der Waals surface area contributed by atoms with Crippen molar-refractivity contribution in [2.45, 2.75) is 53.5 Å². The highest BCUT2D eigenvalue weighted by atomic mass is 16.5. The maximum absolute atomic E-state index is 5.99. The van der Waals surface area contributed by atoms with Crippen molar-refractivity contribution in [2.24, 2.45) is 23.7 Å². The fourth-order valence-corrected chi connectivity index (χ4v) is 4.28. The normalized spacial score (nSPS) is 22.2. The average Bonchev–Trinajstić information content (AvgIpc) is 3.16. The van der Waals surface area contributed by atoms with Crippen molar-refractivity contribution in [2.75, 3.05) is 13.7 Å². The molecule has 29 heavy (non-hydrogen) atoms. The first kappa shape index (κ1) is 21.6. The van der Waals surface area contributed by atoms with Gasteiger partial charge in [-0.15, -0.1) is 10.2 Å². The Hall–Kier alpha value is -2.14. The van der Waals surface area contributed by atoms with E-state index in [9.17, 15) is 0 Å². The predicted molar refractivity (Wildman–Crippen MR) is 117 cm³/mol. The molecule has 0 radical (unpaired) electrons. The van der Waals surface area contributed by atoms with Gasteiger partial charge in [0.15, 0.2) is 0 Å². The number of allylic oxidation sites excluding steroid dienone is 1. The third-order valence-electron chi connectivity index (χ3n) is 6.07. The van der Waals surface area contributed by atoms with E-state index in [4.69, 9.17) is 9.15 Å². The lowest BCUT2D eigenvalue weighted by molar-refractivity contribution is 0.216. The van der Waals surface area contributed by atoms with E-state index in [1.165, 1.54) is 12.0 Å². The zero-order chi connectivity index (χ0) is 21.0. The van der Waals surface area contributed by atoms with Crippen molar-refractivity contribution >= 4 is 0 Å². The van der Waals surface area contributed by atoms with Crippen LogP contribution in [0.15, 0.2) is 40.3 Å². The Kier molecular flexibility index (Phi) is 7.12. The molecule has 3 rings (SSSR count). The van der Waals surface area contributed by atoms with Crippen LogP contribution in [0.4, 0.5) is 0 Å². The van der Waals surface area contributed by atoms with Gasteiger partial charge in [-0.3, -0.25) is 0 Å². The van der Waals surface area contributed by atoms with Crippen LogP contribution in [-0.2, 0) is 6.42 Å². The minimum Gasteiger partial charge on any atom is -0.497 e. The first-order valence-corrected chi connectivity index (χ1v) is 10.8. The summed E-state index contributed by atoms with van der Waals surface area (Å²) in [5.41, 5.74) is 2.36. The maximum Gasteiger partial charge on any atom is 0.247 e. The van der Waals surface area contributed by atoms with Crippen molar-refractivity contribution in [1.82, 2.24) is 15.5 Å². The standard InChI is InChI=1S/C24H35N3O2/c1-15(2)22-12-19(17(5)11-20(22)14-25-16(3)4)13-23-26-27-24(29-23)18-7-9-21(28-6)10-8-18/h7-11,15-16,19-20,22,25H,12-14H2,1-6H3. The molecule has 0 saturated carbocycles. The highest BCUT2D eigenvalue weighted by Gasteiger charge is 2.32. The lowest BCUT2D eigenvalue weighted by atomic mass is 9.70. The smallest absolute Gasteiger partial charge is 0.247 e. The minimum atomic E-state index is 0.460. The van der Waals surface area contributed by atoms with Crippen LogP contribution < -0.4 is 10.1 Å². The number of hydrogen-bond acceptors (Lipinski definition) is 5. The Bertz CT molecular complexity index is 808. The van der Waals surface area contributed by atoms with Crippen molar-refractivity contribution < 1.29 is 9.15 Å². The van der Waals surface area contributed by atoms with E-state index in [1.54, 1.807) is 7.11 Å². The summed E-state index contributed by atoms with van der Waals surface area (Å²) in [6.45, 7) is 12.4. The Morgan fingerprint density at radius 1 is 1.14 bits per heavy atom. The molecule has 0 aliphatic heterocycles. The molecule has 0 fully saturated rings. The summed E-state index contributed by atoms with van der Waals surface area (Å²) in [7, 11) is 1.66. The molecule has 0 bridgehead atoms. The van der Waals surface area contributed by atoms with Gasteiger partial charge in [-0.1, -0.05) is 39.3 Å². The zero-order valence-electron chi connectivity index (χ0n) is 18.6.